The van der Waals surface area contributed by atoms with Crippen LogP contribution in [0.2, 0.25) is 0 Å². The van der Waals surface area contributed by atoms with E-state index in [1.807, 2.05) is 60.8 Å². The number of carbonyl (C=O) groups is 1. The van der Waals surface area contributed by atoms with Crippen molar-refractivity contribution in [3.05, 3.63) is 59.5 Å². The summed E-state index contributed by atoms with van der Waals surface area (Å²) in [5.41, 5.74) is 3.85. The van der Waals surface area contributed by atoms with Crippen molar-refractivity contribution in [3.63, 3.8) is 0 Å². The molecule has 1 N–H and O–H groups in total. The first-order chi connectivity index (χ1) is 12.1. The molecule has 1 aromatic carbocycles. The fourth-order valence-electron chi connectivity index (χ4n) is 2.75. The molecule has 0 aliphatic rings. The van der Waals surface area contributed by atoms with Crippen LogP contribution in [0.5, 0.6) is 5.75 Å². The molecule has 0 bridgehead atoms. The summed E-state index contributed by atoms with van der Waals surface area (Å²) in [4.78, 5) is 17.2. The third kappa shape index (κ3) is 3.65. The maximum Gasteiger partial charge on any atom is 0.274 e. The molecule has 1 amide bonds. The molecule has 0 saturated carbocycles. The van der Waals surface area contributed by atoms with E-state index in [1.54, 1.807) is 0 Å². The summed E-state index contributed by atoms with van der Waals surface area (Å²) in [6.07, 6.45) is 4.00. The molecule has 130 valence electrons. The van der Waals surface area contributed by atoms with E-state index in [9.17, 15) is 4.79 Å². The maximum absolute atomic E-state index is 12.7. The number of nitrogens with zero attached hydrogens (tertiary/aromatic N) is 2. The molecule has 5 nitrogen and oxygen atoms in total. The zero-order valence-electron chi connectivity index (χ0n) is 14.9. The molecule has 0 unspecified atom stereocenters. The second-order valence-electron chi connectivity index (χ2n) is 6.11. The van der Waals surface area contributed by atoms with E-state index in [0.717, 1.165) is 35.5 Å². The fourth-order valence-corrected chi connectivity index (χ4v) is 2.75. The van der Waals surface area contributed by atoms with Crippen LogP contribution in [0, 0.1) is 13.8 Å². The number of unbranched alkanes of at least 4 members (excludes halogenated alkanes) is 1. The van der Waals surface area contributed by atoms with Gasteiger partial charge in [-0.2, -0.15) is 0 Å². The summed E-state index contributed by atoms with van der Waals surface area (Å²) in [6.45, 7) is 6.68. The highest BCUT2D eigenvalue weighted by molar-refractivity contribution is 6.04. The Hall–Kier alpha value is -2.82. The number of imidazole rings is 1. The predicted octanol–water partition coefficient (Wildman–Crippen LogP) is 4.38. The molecule has 5 heteroatoms. The standard InChI is InChI=1S/C20H23N3O2/c1-4-5-13-25-17-10-8-16(9-11-17)22-20(24)18-15(3)21-19-14(2)7-6-12-23(18)19/h6-12H,4-5,13H2,1-3H3,(H,22,24). The number of carbonyl (C=O) groups excluding carboxylic acids is 1. The number of pyridine rings is 1. The van der Waals surface area contributed by atoms with Crippen LogP contribution in [0.15, 0.2) is 42.6 Å². The number of amides is 1. The number of fused-ring (bicyclic) bond motifs is 1. The SMILES string of the molecule is CCCCOc1ccc(NC(=O)c2c(C)nc3c(C)cccn23)cc1. The van der Waals surface area contributed by atoms with Crippen molar-refractivity contribution in [2.24, 2.45) is 0 Å². The summed E-state index contributed by atoms with van der Waals surface area (Å²) < 4.78 is 7.48. The summed E-state index contributed by atoms with van der Waals surface area (Å²) >= 11 is 0. The molecular formula is C20H23N3O2. The average Bonchev–Trinajstić information content (AvgIpc) is 2.94. The molecule has 0 radical (unpaired) electrons. The number of rotatable bonds is 6. The van der Waals surface area contributed by atoms with E-state index < -0.39 is 0 Å². The van der Waals surface area contributed by atoms with Crippen molar-refractivity contribution in [2.75, 3.05) is 11.9 Å². The van der Waals surface area contributed by atoms with E-state index in [2.05, 4.69) is 17.2 Å². The molecule has 2 heterocycles. The van der Waals surface area contributed by atoms with Gasteiger partial charge in [0.1, 0.15) is 17.1 Å². The Morgan fingerprint density at radius 1 is 1.20 bits per heavy atom. The minimum Gasteiger partial charge on any atom is -0.494 e. The number of benzene rings is 1. The molecule has 25 heavy (non-hydrogen) atoms. The van der Waals surface area contributed by atoms with E-state index >= 15 is 0 Å². The van der Waals surface area contributed by atoms with Crippen LogP contribution in [0.4, 0.5) is 5.69 Å². The fraction of sp³-hybridized carbons (Fsp3) is 0.300. The first-order valence-corrected chi connectivity index (χ1v) is 8.58. The highest BCUT2D eigenvalue weighted by Gasteiger charge is 2.17. The molecule has 2 aromatic heterocycles. The third-order valence-electron chi connectivity index (χ3n) is 4.11. The zero-order chi connectivity index (χ0) is 17.8. The van der Waals surface area contributed by atoms with Gasteiger partial charge >= 0.3 is 0 Å². The molecule has 0 atom stereocenters. The molecule has 0 fully saturated rings. The van der Waals surface area contributed by atoms with Gasteiger partial charge in [0, 0.05) is 11.9 Å². The van der Waals surface area contributed by atoms with Crippen molar-refractivity contribution in [2.45, 2.75) is 33.6 Å². The first-order valence-electron chi connectivity index (χ1n) is 8.58. The number of ether oxygens (including phenoxy) is 1. The Kier molecular flexibility index (Phi) is 5.03. The Morgan fingerprint density at radius 3 is 2.68 bits per heavy atom. The second-order valence-corrected chi connectivity index (χ2v) is 6.11. The van der Waals surface area contributed by atoms with Crippen molar-refractivity contribution in [1.82, 2.24) is 9.38 Å². The smallest absolute Gasteiger partial charge is 0.274 e. The van der Waals surface area contributed by atoms with Crippen molar-refractivity contribution in [3.8, 4) is 5.75 Å². The summed E-state index contributed by atoms with van der Waals surface area (Å²) in [6, 6.07) is 11.4. The Bertz CT molecular complexity index is 882. The van der Waals surface area contributed by atoms with Crippen LogP contribution in [0.25, 0.3) is 5.65 Å². The minimum atomic E-state index is -0.171. The average molecular weight is 337 g/mol. The Morgan fingerprint density at radius 2 is 1.96 bits per heavy atom. The Balaban J connectivity index is 1.76. The number of hydrogen-bond acceptors (Lipinski definition) is 3. The molecule has 0 saturated heterocycles. The van der Waals surface area contributed by atoms with Gasteiger partial charge < -0.3 is 10.1 Å². The predicted molar refractivity (Wildman–Crippen MR) is 99.5 cm³/mol. The van der Waals surface area contributed by atoms with Crippen LogP contribution in [0.3, 0.4) is 0 Å². The number of aryl methyl sites for hydroxylation is 2. The number of aromatic nitrogens is 2. The molecule has 3 rings (SSSR count). The van der Waals surface area contributed by atoms with Gasteiger partial charge in [0.2, 0.25) is 0 Å². The lowest BCUT2D eigenvalue weighted by Gasteiger charge is -2.08. The van der Waals surface area contributed by atoms with Crippen LogP contribution < -0.4 is 10.1 Å². The summed E-state index contributed by atoms with van der Waals surface area (Å²) in [5, 5.41) is 2.94. The zero-order valence-corrected chi connectivity index (χ0v) is 14.9. The van der Waals surface area contributed by atoms with Gasteiger partial charge in [-0.1, -0.05) is 19.4 Å². The van der Waals surface area contributed by atoms with Gasteiger partial charge in [0.05, 0.1) is 12.3 Å². The van der Waals surface area contributed by atoms with E-state index in [-0.39, 0.29) is 5.91 Å². The molecule has 0 spiro atoms. The van der Waals surface area contributed by atoms with Gasteiger partial charge in [-0.15, -0.1) is 0 Å². The second kappa shape index (κ2) is 7.38. The van der Waals surface area contributed by atoms with Crippen molar-refractivity contribution in [1.29, 1.82) is 0 Å². The van der Waals surface area contributed by atoms with E-state index in [4.69, 9.17) is 4.74 Å². The highest BCUT2D eigenvalue weighted by Crippen LogP contribution is 2.19. The van der Waals surface area contributed by atoms with Gasteiger partial charge in [-0.25, -0.2) is 4.98 Å². The molecule has 0 aliphatic carbocycles. The van der Waals surface area contributed by atoms with Crippen LogP contribution in [-0.4, -0.2) is 21.9 Å². The van der Waals surface area contributed by atoms with E-state index in [1.165, 1.54) is 0 Å². The quantitative estimate of drug-likeness (QED) is 0.679. The molecule has 0 aliphatic heterocycles. The van der Waals surface area contributed by atoms with Gasteiger partial charge in [0.25, 0.3) is 5.91 Å². The lowest BCUT2D eigenvalue weighted by molar-refractivity contribution is 0.102. The van der Waals surface area contributed by atoms with Crippen LogP contribution >= 0.6 is 0 Å². The van der Waals surface area contributed by atoms with Crippen molar-refractivity contribution >= 4 is 17.2 Å². The lowest BCUT2D eigenvalue weighted by Crippen LogP contribution is -2.15. The number of hydrogen-bond donors (Lipinski definition) is 1. The minimum absolute atomic E-state index is 0.171. The highest BCUT2D eigenvalue weighted by atomic mass is 16.5. The monoisotopic (exact) mass is 337 g/mol. The van der Waals surface area contributed by atoms with Crippen LogP contribution in [-0.2, 0) is 0 Å². The summed E-state index contributed by atoms with van der Waals surface area (Å²) in [5.74, 6) is 0.642. The normalized spacial score (nSPS) is 10.8. The van der Waals surface area contributed by atoms with Gasteiger partial charge in [-0.05, 0) is 56.2 Å². The van der Waals surface area contributed by atoms with E-state index in [0.29, 0.717) is 18.0 Å². The number of nitrogens with one attached hydrogen (secondary N) is 1. The van der Waals surface area contributed by atoms with Gasteiger partial charge in [-0.3, -0.25) is 9.20 Å². The summed E-state index contributed by atoms with van der Waals surface area (Å²) in [7, 11) is 0. The lowest BCUT2D eigenvalue weighted by atomic mass is 10.2. The Labute approximate surface area is 147 Å². The molecule has 3 aromatic rings. The number of anilines is 1. The van der Waals surface area contributed by atoms with Crippen LogP contribution in [0.1, 0.15) is 41.5 Å². The topological polar surface area (TPSA) is 55.6 Å². The first kappa shape index (κ1) is 17.0. The maximum atomic E-state index is 12.7. The third-order valence-corrected chi connectivity index (χ3v) is 4.11. The van der Waals surface area contributed by atoms with Gasteiger partial charge in [0.15, 0.2) is 0 Å². The molecular weight excluding hydrogens is 314 g/mol. The largest absolute Gasteiger partial charge is 0.494 e. The van der Waals surface area contributed by atoms with Crippen molar-refractivity contribution < 1.29 is 9.53 Å².